The SMILES string of the molecule is COCCOCCCn1cccc(C(=O)O)c1=O. The highest BCUT2D eigenvalue weighted by Crippen LogP contribution is 1.94. The number of carbonyl (C=O) groups is 1. The van der Waals surface area contributed by atoms with Crippen LogP contribution >= 0.6 is 0 Å². The first-order chi connectivity index (χ1) is 8.66. The van der Waals surface area contributed by atoms with Crippen LogP contribution in [0.25, 0.3) is 0 Å². The summed E-state index contributed by atoms with van der Waals surface area (Å²) >= 11 is 0. The molecular weight excluding hydrogens is 238 g/mol. The molecule has 0 radical (unpaired) electrons. The fourth-order valence-corrected chi connectivity index (χ4v) is 1.46. The highest BCUT2D eigenvalue weighted by atomic mass is 16.5. The summed E-state index contributed by atoms with van der Waals surface area (Å²) in [5.74, 6) is -1.20. The molecule has 100 valence electrons. The Hall–Kier alpha value is -1.66. The number of rotatable bonds is 8. The van der Waals surface area contributed by atoms with E-state index in [1.807, 2.05) is 0 Å². The van der Waals surface area contributed by atoms with Crippen LogP contribution in [0.5, 0.6) is 0 Å². The van der Waals surface area contributed by atoms with Crippen molar-refractivity contribution in [3.8, 4) is 0 Å². The van der Waals surface area contributed by atoms with Crippen LogP contribution in [0.4, 0.5) is 0 Å². The van der Waals surface area contributed by atoms with E-state index in [9.17, 15) is 9.59 Å². The lowest BCUT2D eigenvalue weighted by atomic mass is 10.3. The molecule has 18 heavy (non-hydrogen) atoms. The lowest BCUT2D eigenvalue weighted by Crippen LogP contribution is -2.26. The summed E-state index contributed by atoms with van der Waals surface area (Å²) in [6.45, 7) is 2.00. The third-order valence-corrected chi connectivity index (χ3v) is 2.37. The summed E-state index contributed by atoms with van der Waals surface area (Å²) in [4.78, 5) is 22.5. The summed E-state index contributed by atoms with van der Waals surface area (Å²) in [6, 6.07) is 2.85. The van der Waals surface area contributed by atoms with Gasteiger partial charge in [0.05, 0.1) is 13.2 Å². The minimum Gasteiger partial charge on any atom is -0.477 e. The van der Waals surface area contributed by atoms with E-state index >= 15 is 0 Å². The van der Waals surface area contributed by atoms with Crippen molar-refractivity contribution in [3.63, 3.8) is 0 Å². The topological polar surface area (TPSA) is 77.8 Å². The van der Waals surface area contributed by atoms with Gasteiger partial charge in [0, 0.05) is 26.5 Å². The largest absolute Gasteiger partial charge is 0.477 e. The van der Waals surface area contributed by atoms with E-state index < -0.39 is 11.5 Å². The quantitative estimate of drug-likeness (QED) is 0.688. The van der Waals surface area contributed by atoms with Gasteiger partial charge in [0.25, 0.3) is 5.56 Å². The zero-order valence-corrected chi connectivity index (χ0v) is 10.3. The first kappa shape index (κ1) is 14.4. The van der Waals surface area contributed by atoms with Crippen molar-refractivity contribution in [2.75, 3.05) is 26.9 Å². The van der Waals surface area contributed by atoms with Crippen LogP contribution < -0.4 is 5.56 Å². The molecule has 0 aromatic carbocycles. The molecule has 0 aliphatic carbocycles. The van der Waals surface area contributed by atoms with E-state index in [2.05, 4.69) is 0 Å². The number of hydrogen-bond donors (Lipinski definition) is 1. The maximum absolute atomic E-state index is 11.7. The molecule has 1 rings (SSSR count). The molecule has 0 unspecified atom stereocenters. The first-order valence-corrected chi connectivity index (χ1v) is 5.66. The van der Waals surface area contributed by atoms with E-state index in [4.69, 9.17) is 14.6 Å². The van der Waals surface area contributed by atoms with E-state index in [1.54, 1.807) is 19.4 Å². The molecule has 6 nitrogen and oxygen atoms in total. The average molecular weight is 255 g/mol. The van der Waals surface area contributed by atoms with Gasteiger partial charge in [-0.2, -0.15) is 0 Å². The standard InChI is InChI=1S/C12H17NO5/c1-17-8-9-18-7-3-6-13-5-2-4-10(11(13)14)12(15)16/h2,4-5H,3,6-9H2,1H3,(H,15,16). The Morgan fingerprint density at radius 2 is 2.17 bits per heavy atom. The Kier molecular flexibility index (Phi) is 6.10. The van der Waals surface area contributed by atoms with Crippen LogP contribution in [0.1, 0.15) is 16.8 Å². The number of aryl methyl sites for hydroxylation is 1. The van der Waals surface area contributed by atoms with Gasteiger partial charge < -0.3 is 19.1 Å². The summed E-state index contributed by atoms with van der Waals surface area (Å²) < 4.78 is 11.5. The van der Waals surface area contributed by atoms with Crippen molar-refractivity contribution in [2.45, 2.75) is 13.0 Å². The van der Waals surface area contributed by atoms with E-state index in [1.165, 1.54) is 10.6 Å². The maximum atomic E-state index is 11.7. The molecule has 6 heteroatoms. The molecule has 1 heterocycles. The monoisotopic (exact) mass is 255 g/mol. The van der Waals surface area contributed by atoms with Crippen LogP contribution in [0.15, 0.2) is 23.1 Å². The molecule has 0 saturated carbocycles. The fourth-order valence-electron chi connectivity index (χ4n) is 1.46. The van der Waals surface area contributed by atoms with Crippen molar-refractivity contribution < 1.29 is 19.4 Å². The van der Waals surface area contributed by atoms with E-state index in [0.717, 1.165) is 0 Å². The Morgan fingerprint density at radius 3 is 2.83 bits per heavy atom. The van der Waals surface area contributed by atoms with Gasteiger partial charge in [-0.05, 0) is 18.6 Å². The Labute approximate surface area is 105 Å². The second-order valence-electron chi connectivity index (χ2n) is 3.68. The summed E-state index contributed by atoms with van der Waals surface area (Å²) in [5, 5.41) is 8.81. The Balaban J connectivity index is 2.46. The number of hydrogen-bond acceptors (Lipinski definition) is 4. The lowest BCUT2D eigenvalue weighted by molar-refractivity contribution is 0.0676. The molecule has 0 spiro atoms. The fraction of sp³-hybridized carbons (Fsp3) is 0.500. The van der Waals surface area contributed by atoms with Crippen molar-refractivity contribution in [3.05, 3.63) is 34.2 Å². The maximum Gasteiger partial charge on any atom is 0.341 e. The van der Waals surface area contributed by atoms with Gasteiger partial charge in [-0.15, -0.1) is 0 Å². The van der Waals surface area contributed by atoms with Gasteiger partial charge in [0.1, 0.15) is 5.56 Å². The summed E-state index contributed by atoms with van der Waals surface area (Å²) in [7, 11) is 1.60. The van der Waals surface area contributed by atoms with Gasteiger partial charge in [-0.3, -0.25) is 4.79 Å². The van der Waals surface area contributed by atoms with Crippen molar-refractivity contribution >= 4 is 5.97 Å². The van der Waals surface area contributed by atoms with Crippen LogP contribution in [0.3, 0.4) is 0 Å². The van der Waals surface area contributed by atoms with Crippen LogP contribution in [-0.4, -0.2) is 42.6 Å². The number of pyridine rings is 1. The van der Waals surface area contributed by atoms with Gasteiger partial charge in [-0.25, -0.2) is 4.79 Å². The molecule has 1 N–H and O–H groups in total. The number of ether oxygens (including phenoxy) is 2. The normalized spacial score (nSPS) is 10.5. The Bertz CT molecular complexity index is 440. The number of nitrogens with zero attached hydrogens (tertiary/aromatic N) is 1. The second-order valence-corrected chi connectivity index (χ2v) is 3.68. The molecule has 0 saturated heterocycles. The predicted octanol–water partition coefficient (Wildman–Crippen LogP) is 0.600. The smallest absolute Gasteiger partial charge is 0.341 e. The van der Waals surface area contributed by atoms with E-state index in [-0.39, 0.29) is 5.56 Å². The van der Waals surface area contributed by atoms with Crippen molar-refractivity contribution in [1.82, 2.24) is 4.57 Å². The van der Waals surface area contributed by atoms with Crippen LogP contribution in [0.2, 0.25) is 0 Å². The number of aromatic nitrogens is 1. The number of carboxylic acid groups (broad SMARTS) is 1. The molecule has 0 amide bonds. The molecule has 0 bridgehead atoms. The number of carboxylic acids is 1. The van der Waals surface area contributed by atoms with Crippen LogP contribution in [-0.2, 0) is 16.0 Å². The van der Waals surface area contributed by atoms with E-state index in [0.29, 0.717) is 32.8 Å². The minimum absolute atomic E-state index is 0.210. The molecular formula is C12H17NO5. The Morgan fingerprint density at radius 1 is 1.39 bits per heavy atom. The third kappa shape index (κ3) is 4.31. The molecule has 1 aromatic heterocycles. The summed E-state index contributed by atoms with van der Waals surface area (Å²) in [5.41, 5.74) is -0.695. The summed E-state index contributed by atoms with van der Waals surface area (Å²) in [6.07, 6.45) is 2.22. The average Bonchev–Trinajstić information content (AvgIpc) is 2.35. The lowest BCUT2D eigenvalue weighted by Gasteiger charge is -2.07. The highest BCUT2D eigenvalue weighted by Gasteiger charge is 2.09. The molecule has 1 aromatic rings. The predicted molar refractivity (Wildman–Crippen MR) is 65.0 cm³/mol. The minimum atomic E-state index is -1.20. The third-order valence-electron chi connectivity index (χ3n) is 2.37. The number of methoxy groups -OCH3 is 1. The molecule has 0 fully saturated rings. The number of aromatic carboxylic acids is 1. The zero-order chi connectivity index (χ0) is 13.4. The van der Waals surface area contributed by atoms with Crippen molar-refractivity contribution in [2.24, 2.45) is 0 Å². The second kappa shape index (κ2) is 7.62. The van der Waals surface area contributed by atoms with Gasteiger partial charge in [-0.1, -0.05) is 0 Å². The first-order valence-electron chi connectivity index (χ1n) is 5.66. The van der Waals surface area contributed by atoms with Crippen molar-refractivity contribution in [1.29, 1.82) is 0 Å². The highest BCUT2D eigenvalue weighted by molar-refractivity contribution is 5.86. The van der Waals surface area contributed by atoms with Gasteiger partial charge in [0.2, 0.25) is 0 Å². The molecule has 0 aliphatic heterocycles. The van der Waals surface area contributed by atoms with Gasteiger partial charge >= 0.3 is 5.97 Å². The molecule has 0 aliphatic rings. The van der Waals surface area contributed by atoms with Crippen LogP contribution in [0, 0.1) is 0 Å². The molecule has 0 atom stereocenters. The van der Waals surface area contributed by atoms with Gasteiger partial charge in [0.15, 0.2) is 0 Å². The zero-order valence-electron chi connectivity index (χ0n) is 10.3.